The van der Waals surface area contributed by atoms with Crippen LogP contribution in [0.15, 0.2) is 47.6 Å². The third kappa shape index (κ3) is 3.39. The van der Waals surface area contributed by atoms with E-state index in [-0.39, 0.29) is 10.8 Å². The van der Waals surface area contributed by atoms with E-state index in [0.717, 1.165) is 22.5 Å². The largest absolute Gasteiger partial charge is 0.351 e. The van der Waals surface area contributed by atoms with Crippen molar-refractivity contribution >= 4 is 28.6 Å². The molecular weight excluding hydrogens is 332 g/mol. The maximum Gasteiger partial charge on any atom is 0.321 e. The number of hydrogen-bond donors (Lipinski definition) is 1. The fourth-order valence-electron chi connectivity index (χ4n) is 2.72. The molecule has 130 valence electrons. The minimum absolute atomic E-state index is 0.219. The number of carbonyl (C=O) groups excluding carboxylic acids is 1. The molecular formula is C19H22N4OS. The summed E-state index contributed by atoms with van der Waals surface area (Å²) in [4.78, 5) is 22.4. The lowest BCUT2D eigenvalue weighted by Crippen LogP contribution is -2.51. The number of aliphatic imine (C=N–C) groups is 1. The molecule has 1 atom stereocenters. The van der Waals surface area contributed by atoms with Gasteiger partial charge < -0.3 is 5.73 Å². The zero-order chi connectivity index (χ0) is 18.2. The van der Waals surface area contributed by atoms with Crippen molar-refractivity contribution in [2.75, 3.05) is 0 Å². The quantitative estimate of drug-likeness (QED) is 0.872. The number of carbonyl (C=O) groups is 1. The molecule has 3 rings (SSSR count). The monoisotopic (exact) mass is 354 g/mol. The van der Waals surface area contributed by atoms with Gasteiger partial charge in [0.15, 0.2) is 5.17 Å². The summed E-state index contributed by atoms with van der Waals surface area (Å²) >= 11 is 1.57. The van der Waals surface area contributed by atoms with Crippen LogP contribution in [0.2, 0.25) is 0 Å². The van der Waals surface area contributed by atoms with Crippen LogP contribution in [0.4, 0.5) is 10.5 Å². The first-order valence-electron chi connectivity index (χ1n) is 8.17. The highest BCUT2D eigenvalue weighted by atomic mass is 32.2. The number of urea groups is 1. The number of rotatable bonds is 2. The summed E-state index contributed by atoms with van der Waals surface area (Å²) in [6.07, 6.45) is 1.86. The van der Waals surface area contributed by atoms with Gasteiger partial charge >= 0.3 is 6.03 Å². The van der Waals surface area contributed by atoms with E-state index in [9.17, 15) is 4.79 Å². The van der Waals surface area contributed by atoms with Gasteiger partial charge in [0, 0.05) is 22.7 Å². The molecule has 1 unspecified atom stereocenters. The van der Waals surface area contributed by atoms with E-state index in [1.165, 1.54) is 0 Å². The van der Waals surface area contributed by atoms with Crippen LogP contribution in [0.25, 0.3) is 11.1 Å². The summed E-state index contributed by atoms with van der Waals surface area (Å²) in [6.45, 7) is 8.06. The molecule has 0 spiro atoms. The Hall–Kier alpha value is -2.34. The molecule has 6 heteroatoms. The third-order valence-electron chi connectivity index (χ3n) is 4.60. The highest BCUT2D eigenvalue weighted by molar-refractivity contribution is 8.14. The highest BCUT2D eigenvalue weighted by Gasteiger charge is 2.46. The van der Waals surface area contributed by atoms with E-state index in [4.69, 9.17) is 5.73 Å². The van der Waals surface area contributed by atoms with Crippen LogP contribution in [0.5, 0.6) is 0 Å². The molecule has 5 nitrogen and oxygen atoms in total. The van der Waals surface area contributed by atoms with E-state index in [1.54, 1.807) is 16.7 Å². The SMILES string of the molecule is Cc1ccc(-c2ccc(N=C3SC(C)C(C)(C)N3C(N)=O)cc2)cn1. The van der Waals surface area contributed by atoms with E-state index >= 15 is 0 Å². The van der Waals surface area contributed by atoms with E-state index in [1.807, 2.05) is 57.3 Å². The van der Waals surface area contributed by atoms with Crippen molar-refractivity contribution in [2.24, 2.45) is 10.7 Å². The van der Waals surface area contributed by atoms with Crippen LogP contribution < -0.4 is 5.73 Å². The topological polar surface area (TPSA) is 71.6 Å². The lowest BCUT2D eigenvalue weighted by atomic mass is 10.00. The molecule has 1 aromatic carbocycles. The van der Waals surface area contributed by atoms with Gasteiger partial charge in [-0.25, -0.2) is 9.79 Å². The predicted molar refractivity (Wildman–Crippen MR) is 104 cm³/mol. The fraction of sp³-hybridized carbons (Fsp3) is 0.316. The number of hydrogen-bond acceptors (Lipinski definition) is 4. The van der Waals surface area contributed by atoms with Crippen molar-refractivity contribution in [3.63, 3.8) is 0 Å². The van der Waals surface area contributed by atoms with E-state index in [0.29, 0.717) is 5.17 Å². The average molecular weight is 354 g/mol. The molecule has 0 bridgehead atoms. The molecule has 1 saturated heterocycles. The molecule has 2 amide bonds. The minimum Gasteiger partial charge on any atom is -0.351 e. The average Bonchev–Trinajstić information content (AvgIpc) is 2.78. The predicted octanol–water partition coefficient (Wildman–Crippen LogP) is 4.34. The number of amidine groups is 1. The second-order valence-corrected chi connectivity index (χ2v) is 8.02. The van der Waals surface area contributed by atoms with Crippen LogP contribution in [0, 0.1) is 6.92 Å². The molecule has 1 aromatic heterocycles. The molecule has 0 radical (unpaired) electrons. The number of thioether (sulfide) groups is 1. The van der Waals surface area contributed by atoms with Gasteiger partial charge in [0.1, 0.15) is 0 Å². The van der Waals surface area contributed by atoms with Gasteiger partial charge in [-0.3, -0.25) is 9.88 Å². The zero-order valence-electron chi connectivity index (χ0n) is 14.9. The van der Waals surface area contributed by atoms with Crippen molar-refractivity contribution in [3.8, 4) is 11.1 Å². The highest BCUT2D eigenvalue weighted by Crippen LogP contribution is 2.40. The van der Waals surface area contributed by atoms with Gasteiger partial charge in [-0.15, -0.1) is 0 Å². The molecule has 2 N–H and O–H groups in total. The number of pyridine rings is 1. The second kappa shape index (κ2) is 6.52. The van der Waals surface area contributed by atoms with Crippen LogP contribution in [-0.2, 0) is 0 Å². The first-order valence-corrected chi connectivity index (χ1v) is 9.05. The Balaban J connectivity index is 1.89. The van der Waals surface area contributed by atoms with Crippen molar-refractivity contribution < 1.29 is 4.79 Å². The van der Waals surface area contributed by atoms with Crippen LogP contribution in [-0.4, -0.2) is 31.9 Å². The van der Waals surface area contributed by atoms with Crippen LogP contribution in [0.1, 0.15) is 26.5 Å². The van der Waals surface area contributed by atoms with Crippen LogP contribution in [0.3, 0.4) is 0 Å². The Morgan fingerprint density at radius 1 is 1.20 bits per heavy atom. The van der Waals surface area contributed by atoms with E-state index < -0.39 is 6.03 Å². The molecule has 2 aromatic rings. The van der Waals surface area contributed by atoms with Crippen molar-refractivity contribution in [3.05, 3.63) is 48.3 Å². The Morgan fingerprint density at radius 2 is 1.84 bits per heavy atom. The van der Waals surface area contributed by atoms with Crippen molar-refractivity contribution in [1.82, 2.24) is 9.88 Å². The molecule has 0 saturated carbocycles. The Labute approximate surface area is 152 Å². The van der Waals surface area contributed by atoms with Gasteiger partial charge in [-0.1, -0.05) is 36.9 Å². The standard InChI is InChI=1S/C19H22N4OS/c1-12-5-6-15(11-21-12)14-7-9-16(10-8-14)22-18-23(17(20)24)19(3,4)13(2)25-18/h5-11,13H,1-4H3,(H2,20,24). The molecule has 25 heavy (non-hydrogen) atoms. The Bertz CT molecular complexity index is 812. The summed E-state index contributed by atoms with van der Waals surface area (Å²) in [5, 5.41) is 0.867. The van der Waals surface area contributed by atoms with Crippen LogP contribution >= 0.6 is 11.8 Å². The molecule has 1 aliphatic heterocycles. The first-order chi connectivity index (χ1) is 11.8. The number of benzene rings is 1. The number of amides is 2. The Morgan fingerprint density at radius 3 is 2.40 bits per heavy atom. The first kappa shape index (κ1) is 17.5. The number of aryl methyl sites for hydroxylation is 1. The number of aromatic nitrogens is 1. The summed E-state index contributed by atoms with van der Waals surface area (Å²) in [7, 11) is 0. The van der Waals surface area contributed by atoms with Gasteiger partial charge in [-0.05, 0) is 44.5 Å². The lowest BCUT2D eigenvalue weighted by Gasteiger charge is -2.31. The van der Waals surface area contributed by atoms with E-state index in [2.05, 4.69) is 23.0 Å². The summed E-state index contributed by atoms with van der Waals surface area (Å²) in [5.41, 5.74) is 9.15. The fourth-order valence-corrected chi connectivity index (χ4v) is 4.01. The maximum atomic E-state index is 11.9. The van der Waals surface area contributed by atoms with Crippen molar-refractivity contribution in [2.45, 2.75) is 38.5 Å². The van der Waals surface area contributed by atoms with Gasteiger partial charge in [-0.2, -0.15) is 0 Å². The molecule has 1 fully saturated rings. The minimum atomic E-state index is -0.469. The molecule has 0 aliphatic carbocycles. The zero-order valence-corrected chi connectivity index (χ0v) is 15.7. The smallest absolute Gasteiger partial charge is 0.321 e. The maximum absolute atomic E-state index is 11.9. The summed E-state index contributed by atoms with van der Waals surface area (Å²) < 4.78 is 0. The van der Waals surface area contributed by atoms with Crippen molar-refractivity contribution in [1.29, 1.82) is 0 Å². The lowest BCUT2D eigenvalue weighted by molar-refractivity contribution is 0.198. The van der Waals surface area contributed by atoms with Gasteiger partial charge in [0.25, 0.3) is 0 Å². The number of primary amides is 1. The molecule has 1 aliphatic rings. The van der Waals surface area contributed by atoms with Gasteiger partial charge in [0.05, 0.1) is 11.2 Å². The summed E-state index contributed by atoms with van der Waals surface area (Å²) in [6, 6.07) is 11.5. The van der Waals surface area contributed by atoms with Gasteiger partial charge in [0.2, 0.25) is 0 Å². The number of nitrogens with two attached hydrogens (primary N) is 1. The molecule has 2 heterocycles. The summed E-state index contributed by atoms with van der Waals surface area (Å²) in [5.74, 6) is 0. The second-order valence-electron chi connectivity index (χ2n) is 6.72. The Kier molecular flexibility index (Phi) is 4.56. The number of nitrogens with zero attached hydrogens (tertiary/aromatic N) is 3. The third-order valence-corrected chi connectivity index (χ3v) is 6.02. The normalized spacial score (nSPS) is 20.9.